The number of rotatable bonds is 2. The van der Waals surface area contributed by atoms with Crippen molar-refractivity contribution in [3.05, 3.63) is 60.9 Å². The van der Waals surface area contributed by atoms with Crippen molar-refractivity contribution in [3.8, 4) is 22.8 Å². The lowest BCUT2D eigenvalue weighted by Gasteiger charge is -2.06. The molecular formula is C14H11N3O. The van der Waals surface area contributed by atoms with Gasteiger partial charge in [-0.25, -0.2) is 0 Å². The summed E-state index contributed by atoms with van der Waals surface area (Å²) in [5.74, 6) is 1.02. The van der Waals surface area contributed by atoms with Crippen LogP contribution in [0.2, 0.25) is 0 Å². The Bertz CT molecular complexity index is 644. The van der Waals surface area contributed by atoms with Crippen LogP contribution in [0.5, 0.6) is 5.75 Å². The van der Waals surface area contributed by atoms with Gasteiger partial charge in [0, 0.05) is 11.3 Å². The monoisotopic (exact) mass is 237 g/mol. The minimum absolute atomic E-state index is 0.244. The third-order valence-electron chi connectivity index (χ3n) is 2.71. The van der Waals surface area contributed by atoms with Crippen molar-refractivity contribution in [2.24, 2.45) is 0 Å². The Balaban J connectivity index is 2.10. The van der Waals surface area contributed by atoms with Gasteiger partial charge < -0.3 is 5.11 Å². The molecule has 0 aliphatic carbocycles. The number of hydrogen-bond donors (Lipinski definition) is 1. The van der Waals surface area contributed by atoms with Gasteiger partial charge in [0.15, 0.2) is 5.82 Å². The van der Waals surface area contributed by atoms with Crippen molar-refractivity contribution in [3.63, 3.8) is 0 Å². The maximum absolute atomic E-state index is 9.30. The van der Waals surface area contributed by atoms with Gasteiger partial charge in [-0.1, -0.05) is 30.3 Å². The highest BCUT2D eigenvalue weighted by Gasteiger charge is 2.08. The molecule has 3 rings (SSSR count). The summed E-state index contributed by atoms with van der Waals surface area (Å²) in [6.45, 7) is 0. The molecule has 0 fully saturated rings. The average molecular weight is 237 g/mol. The van der Waals surface area contributed by atoms with E-state index in [4.69, 9.17) is 0 Å². The predicted octanol–water partition coefficient (Wildman–Crippen LogP) is 2.64. The number of aromatic nitrogens is 3. The fraction of sp³-hybridized carbons (Fsp3) is 0. The van der Waals surface area contributed by atoms with Crippen LogP contribution in [-0.2, 0) is 0 Å². The fourth-order valence-corrected chi connectivity index (χ4v) is 1.82. The Hall–Kier alpha value is -2.62. The summed E-state index contributed by atoms with van der Waals surface area (Å²) in [4.78, 5) is 0. The van der Waals surface area contributed by atoms with E-state index in [1.165, 1.54) is 0 Å². The molecule has 0 bridgehead atoms. The van der Waals surface area contributed by atoms with Gasteiger partial charge in [0.1, 0.15) is 12.1 Å². The number of hydrogen-bond acceptors (Lipinski definition) is 3. The molecule has 0 spiro atoms. The molecule has 0 saturated heterocycles. The highest BCUT2D eigenvalue weighted by molar-refractivity contribution is 5.57. The zero-order chi connectivity index (χ0) is 12.4. The second-order valence-electron chi connectivity index (χ2n) is 3.91. The van der Waals surface area contributed by atoms with E-state index in [-0.39, 0.29) is 5.75 Å². The first-order valence-electron chi connectivity index (χ1n) is 5.59. The van der Waals surface area contributed by atoms with E-state index < -0.39 is 0 Å². The Morgan fingerprint density at radius 3 is 2.33 bits per heavy atom. The molecular weight excluding hydrogens is 226 g/mol. The third kappa shape index (κ3) is 1.84. The van der Waals surface area contributed by atoms with Crippen LogP contribution in [0.1, 0.15) is 0 Å². The van der Waals surface area contributed by atoms with E-state index in [1.807, 2.05) is 47.0 Å². The van der Waals surface area contributed by atoms with Gasteiger partial charge in [-0.05, 0) is 24.3 Å². The van der Waals surface area contributed by atoms with Gasteiger partial charge in [-0.15, -0.1) is 10.2 Å². The molecule has 1 aromatic heterocycles. The quantitative estimate of drug-likeness (QED) is 0.745. The zero-order valence-corrected chi connectivity index (χ0v) is 9.56. The lowest BCUT2D eigenvalue weighted by Crippen LogP contribution is -1.95. The molecule has 88 valence electrons. The van der Waals surface area contributed by atoms with Crippen molar-refractivity contribution in [1.29, 1.82) is 0 Å². The van der Waals surface area contributed by atoms with E-state index in [0.717, 1.165) is 17.1 Å². The topological polar surface area (TPSA) is 50.9 Å². The van der Waals surface area contributed by atoms with Gasteiger partial charge in [0.25, 0.3) is 0 Å². The zero-order valence-electron chi connectivity index (χ0n) is 9.56. The van der Waals surface area contributed by atoms with Gasteiger partial charge >= 0.3 is 0 Å². The highest BCUT2D eigenvalue weighted by atomic mass is 16.3. The van der Waals surface area contributed by atoms with E-state index in [1.54, 1.807) is 18.5 Å². The minimum atomic E-state index is 0.244. The molecule has 0 aliphatic rings. The van der Waals surface area contributed by atoms with E-state index in [0.29, 0.717) is 0 Å². The predicted molar refractivity (Wildman–Crippen MR) is 68.5 cm³/mol. The summed E-state index contributed by atoms with van der Waals surface area (Å²) < 4.78 is 1.88. The summed E-state index contributed by atoms with van der Waals surface area (Å²) >= 11 is 0. The molecule has 0 atom stereocenters. The molecule has 4 heteroatoms. The largest absolute Gasteiger partial charge is 0.508 e. The first-order valence-corrected chi connectivity index (χ1v) is 5.59. The Morgan fingerprint density at radius 1 is 0.889 bits per heavy atom. The molecule has 3 aromatic rings. The average Bonchev–Trinajstić information content (AvgIpc) is 2.90. The van der Waals surface area contributed by atoms with Crippen LogP contribution in [0.25, 0.3) is 17.1 Å². The second-order valence-corrected chi connectivity index (χ2v) is 3.91. The van der Waals surface area contributed by atoms with Crippen LogP contribution in [0.4, 0.5) is 0 Å². The molecule has 0 unspecified atom stereocenters. The lowest BCUT2D eigenvalue weighted by molar-refractivity contribution is 0.475. The standard InChI is InChI=1S/C14H11N3O/c18-13-8-6-12(7-9-13)17-10-15-16-14(17)11-4-2-1-3-5-11/h1-10,18H. The summed E-state index contributed by atoms with van der Waals surface area (Å²) in [6, 6.07) is 16.8. The summed E-state index contributed by atoms with van der Waals surface area (Å²) in [7, 11) is 0. The summed E-state index contributed by atoms with van der Waals surface area (Å²) in [5, 5.41) is 17.4. The Kier molecular flexibility index (Phi) is 2.53. The molecule has 0 aliphatic heterocycles. The first kappa shape index (κ1) is 10.5. The van der Waals surface area contributed by atoms with Gasteiger partial charge in [-0.2, -0.15) is 0 Å². The van der Waals surface area contributed by atoms with E-state index in [2.05, 4.69) is 10.2 Å². The van der Waals surface area contributed by atoms with Gasteiger partial charge in [-0.3, -0.25) is 4.57 Å². The van der Waals surface area contributed by atoms with Crippen molar-refractivity contribution >= 4 is 0 Å². The van der Waals surface area contributed by atoms with Crippen LogP contribution in [0.15, 0.2) is 60.9 Å². The van der Waals surface area contributed by atoms with Gasteiger partial charge in [0.2, 0.25) is 0 Å². The smallest absolute Gasteiger partial charge is 0.168 e. The Labute approximate surface area is 104 Å². The van der Waals surface area contributed by atoms with Crippen molar-refractivity contribution in [2.45, 2.75) is 0 Å². The van der Waals surface area contributed by atoms with Crippen LogP contribution < -0.4 is 0 Å². The number of nitrogens with zero attached hydrogens (tertiary/aromatic N) is 3. The van der Waals surface area contributed by atoms with E-state index >= 15 is 0 Å². The maximum Gasteiger partial charge on any atom is 0.168 e. The van der Waals surface area contributed by atoms with Crippen molar-refractivity contribution < 1.29 is 5.11 Å². The number of aromatic hydroxyl groups is 1. The SMILES string of the molecule is Oc1ccc(-n2cnnc2-c2ccccc2)cc1. The molecule has 0 saturated carbocycles. The van der Waals surface area contributed by atoms with Gasteiger partial charge in [0.05, 0.1) is 0 Å². The van der Waals surface area contributed by atoms with Crippen molar-refractivity contribution in [1.82, 2.24) is 14.8 Å². The fourth-order valence-electron chi connectivity index (χ4n) is 1.82. The van der Waals surface area contributed by atoms with Crippen LogP contribution in [0.3, 0.4) is 0 Å². The first-order chi connectivity index (χ1) is 8.84. The summed E-state index contributed by atoms with van der Waals surface area (Å²) in [5.41, 5.74) is 1.92. The molecule has 4 nitrogen and oxygen atoms in total. The molecule has 0 radical (unpaired) electrons. The van der Waals surface area contributed by atoms with Crippen molar-refractivity contribution in [2.75, 3.05) is 0 Å². The summed E-state index contributed by atoms with van der Waals surface area (Å²) in [6.07, 6.45) is 1.66. The number of benzene rings is 2. The number of phenolic OH excluding ortho intramolecular Hbond substituents is 1. The second kappa shape index (κ2) is 4.33. The maximum atomic E-state index is 9.30. The van der Waals surface area contributed by atoms with E-state index in [9.17, 15) is 5.11 Å². The molecule has 1 heterocycles. The molecule has 1 N–H and O–H groups in total. The molecule has 2 aromatic carbocycles. The minimum Gasteiger partial charge on any atom is -0.508 e. The lowest BCUT2D eigenvalue weighted by atomic mass is 10.2. The number of phenols is 1. The third-order valence-corrected chi connectivity index (χ3v) is 2.71. The molecule has 0 amide bonds. The molecule has 18 heavy (non-hydrogen) atoms. The normalized spacial score (nSPS) is 10.4. The van der Waals surface area contributed by atoms with Crippen LogP contribution in [-0.4, -0.2) is 19.9 Å². The Morgan fingerprint density at radius 2 is 1.61 bits per heavy atom. The van der Waals surface area contributed by atoms with Crippen LogP contribution >= 0.6 is 0 Å². The highest BCUT2D eigenvalue weighted by Crippen LogP contribution is 2.21. The van der Waals surface area contributed by atoms with Crippen LogP contribution in [0, 0.1) is 0 Å².